The number of hydrogen-bond acceptors (Lipinski definition) is 5. The molecule has 1 fully saturated rings. The molecule has 0 bridgehead atoms. The quantitative estimate of drug-likeness (QED) is 0.540. The van der Waals surface area contributed by atoms with Crippen LogP contribution in [0.5, 0.6) is 5.75 Å². The van der Waals surface area contributed by atoms with Crippen LogP contribution < -0.4 is 15.4 Å². The van der Waals surface area contributed by atoms with Gasteiger partial charge in [0.25, 0.3) is 5.91 Å². The third-order valence-electron chi connectivity index (χ3n) is 4.10. The molecule has 1 aromatic carbocycles. The maximum absolute atomic E-state index is 12.5. The fraction of sp³-hybridized carbons (Fsp3) is 0.421. The van der Waals surface area contributed by atoms with Crippen molar-refractivity contribution in [3.05, 3.63) is 42.0 Å². The summed E-state index contributed by atoms with van der Waals surface area (Å²) in [7, 11) is 1.53. The Labute approximate surface area is 152 Å². The smallest absolute Gasteiger partial charge is 0.330 e. The summed E-state index contributed by atoms with van der Waals surface area (Å²) in [5.74, 6) is -0.441. The number of ether oxygens (including phenoxy) is 2. The van der Waals surface area contributed by atoms with Crippen LogP contribution in [0.1, 0.15) is 30.1 Å². The minimum atomic E-state index is -0.482. The van der Waals surface area contributed by atoms with Crippen LogP contribution in [-0.4, -0.2) is 44.1 Å². The molecule has 1 heterocycles. The number of nitrogens with one attached hydrogen (secondary N) is 2. The standard InChI is InChI=1S/C19H24N2O5/c1-3-26-17(22)8-7-15(11-14-9-10-20-18(14)23)21-19(24)13-5-4-6-16(12-13)25-2/h4-8,12,14-15H,3,9-11H2,1-2H3,(H,20,23)(H,21,24)/b8-7+/t14-,15+/m0/s1. The lowest BCUT2D eigenvalue weighted by atomic mass is 9.97. The van der Waals surface area contributed by atoms with E-state index < -0.39 is 12.0 Å². The van der Waals surface area contributed by atoms with Crippen LogP contribution in [0.25, 0.3) is 0 Å². The Morgan fingerprint density at radius 2 is 2.23 bits per heavy atom. The van der Waals surface area contributed by atoms with E-state index in [1.165, 1.54) is 13.2 Å². The lowest BCUT2D eigenvalue weighted by Gasteiger charge is -2.18. The van der Waals surface area contributed by atoms with Crippen molar-refractivity contribution in [1.82, 2.24) is 10.6 Å². The summed E-state index contributed by atoms with van der Waals surface area (Å²) < 4.78 is 10.00. The Hall–Kier alpha value is -2.83. The van der Waals surface area contributed by atoms with Crippen molar-refractivity contribution in [2.45, 2.75) is 25.8 Å². The summed E-state index contributed by atoms with van der Waals surface area (Å²) in [5.41, 5.74) is 0.440. The molecule has 26 heavy (non-hydrogen) atoms. The van der Waals surface area contributed by atoms with Crippen LogP contribution in [-0.2, 0) is 14.3 Å². The van der Waals surface area contributed by atoms with Gasteiger partial charge in [0.1, 0.15) is 5.75 Å². The van der Waals surface area contributed by atoms with Crippen LogP contribution in [0.4, 0.5) is 0 Å². The second-order valence-electron chi connectivity index (χ2n) is 5.94. The molecular formula is C19H24N2O5. The van der Waals surface area contributed by atoms with Gasteiger partial charge in [-0.05, 0) is 38.0 Å². The molecule has 0 aromatic heterocycles. The van der Waals surface area contributed by atoms with E-state index in [2.05, 4.69) is 10.6 Å². The Morgan fingerprint density at radius 1 is 1.42 bits per heavy atom. The first-order chi connectivity index (χ1) is 12.5. The first-order valence-corrected chi connectivity index (χ1v) is 8.61. The van der Waals surface area contributed by atoms with Crippen molar-refractivity contribution in [3.63, 3.8) is 0 Å². The van der Waals surface area contributed by atoms with E-state index in [4.69, 9.17) is 9.47 Å². The molecule has 2 rings (SSSR count). The van der Waals surface area contributed by atoms with Crippen molar-refractivity contribution >= 4 is 17.8 Å². The van der Waals surface area contributed by atoms with Gasteiger partial charge < -0.3 is 20.1 Å². The van der Waals surface area contributed by atoms with Crippen LogP contribution >= 0.6 is 0 Å². The Bertz CT molecular complexity index is 686. The van der Waals surface area contributed by atoms with E-state index in [9.17, 15) is 14.4 Å². The minimum Gasteiger partial charge on any atom is -0.497 e. The van der Waals surface area contributed by atoms with Crippen molar-refractivity contribution in [2.75, 3.05) is 20.3 Å². The van der Waals surface area contributed by atoms with Crippen molar-refractivity contribution in [2.24, 2.45) is 5.92 Å². The first-order valence-electron chi connectivity index (χ1n) is 8.61. The van der Waals surface area contributed by atoms with Crippen molar-refractivity contribution in [3.8, 4) is 5.75 Å². The van der Waals surface area contributed by atoms with Gasteiger partial charge in [-0.2, -0.15) is 0 Å². The van der Waals surface area contributed by atoms with E-state index in [1.807, 2.05) is 0 Å². The van der Waals surface area contributed by atoms with E-state index in [0.717, 1.165) is 0 Å². The summed E-state index contributed by atoms with van der Waals surface area (Å²) in [6.07, 6.45) is 3.98. The Morgan fingerprint density at radius 3 is 2.88 bits per heavy atom. The highest BCUT2D eigenvalue weighted by Crippen LogP contribution is 2.18. The highest BCUT2D eigenvalue weighted by molar-refractivity contribution is 5.95. The molecule has 0 unspecified atom stereocenters. The van der Waals surface area contributed by atoms with E-state index in [-0.39, 0.29) is 24.3 Å². The Kier molecular flexibility index (Phi) is 7.20. The maximum atomic E-state index is 12.5. The predicted molar refractivity (Wildman–Crippen MR) is 95.8 cm³/mol. The summed E-state index contributed by atoms with van der Waals surface area (Å²) in [6, 6.07) is 6.31. The minimum absolute atomic E-state index is 0.0323. The number of hydrogen-bond donors (Lipinski definition) is 2. The highest BCUT2D eigenvalue weighted by Gasteiger charge is 2.27. The lowest BCUT2D eigenvalue weighted by Crippen LogP contribution is -2.36. The third-order valence-corrected chi connectivity index (χ3v) is 4.10. The van der Waals surface area contributed by atoms with Gasteiger partial charge in [0.05, 0.1) is 13.7 Å². The summed E-state index contributed by atoms with van der Waals surface area (Å²) >= 11 is 0. The van der Waals surface area contributed by atoms with Gasteiger partial charge in [-0.25, -0.2) is 4.79 Å². The molecule has 1 aromatic rings. The lowest BCUT2D eigenvalue weighted by molar-refractivity contribution is -0.137. The molecule has 1 aliphatic heterocycles. The zero-order chi connectivity index (χ0) is 18.9. The monoisotopic (exact) mass is 360 g/mol. The average molecular weight is 360 g/mol. The summed E-state index contributed by atoms with van der Waals surface area (Å²) in [5, 5.41) is 5.64. The van der Waals surface area contributed by atoms with Gasteiger partial charge in [-0.15, -0.1) is 0 Å². The Balaban J connectivity index is 2.09. The van der Waals surface area contributed by atoms with Gasteiger partial charge in [-0.3, -0.25) is 9.59 Å². The van der Waals surface area contributed by atoms with Crippen LogP contribution in [0.15, 0.2) is 36.4 Å². The molecule has 7 nitrogen and oxygen atoms in total. The molecule has 2 N–H and O–H groups in total. The van der Waals surface area contributed by atoms with Gasteiger partial charge in [-0.1, -0.05) is 12.1 Å². The van der Waals surface area contributed by atoms with Crippen LogP contribution in [0.3, 0.4) is 0 Å². The normalized spacial score (nSPS) is 17.6. The van der Waals surface area contributed by atoms with Gasteiger partial charge in [0.2, 0.25) is 5.91 Å². The molecule has 2 atom stereocenters. The number of carbonyl (C=O) groups excluding carboxylic acids is 3. The second kappa shape index (κ2) is 9.60. The molecule has 7 heteroatoms. The largest absolute Gasteiger partial charge is 0.497 e. The molecule has 1 saturated heterocycles. The third kappa shape index (κ3) is 5.61. The molecule has 0 saturated carbocycles. The van der Waals surface area contributed by atoms with Crippen LogP contribution in [0, 0.1) is 5.92 Å². The van der Waals surface area contributed by atoms with Crippen molar-refractivity contribution in [1.29, 1.82) is 0 Å². The number of rotatable bonds is 8. The topological polar surface area (TPSA) is 93.7 Å². The molecule has 140 valence electrons. The van der Waals surface area contributed by atoms with E-state index >= 15 is 0 Å². The maximum Gasteiger partial charge on any atom is 0.330 e. The van der Waals surface area contributed by atoms with Crippen LogP contribution in [0.2, 0.25) is 0 Å². The number of amides is 2. The average Bonchev–Trinajstić information content (AvgIpc) is 3.04. The molecule has 2 amide bonds. The van der Waals surface area contributed by atoms with E-state index in [0.29, 0.717) is 30.7 Å². The number of benzene rings is 1. The first kappa shape index (κ1) is 19.5. The molecule has 0 aliphatic carbocycles. The molecule has 0 radical (unpaired) electrons. The SMILES string of the molecule is CCOC(=O)/C=C/[C@H](C[C@@H]1CCNC1=O)NC(=O)c1cccc(OC)c1. The van der Waals surface area contributed by atoms with E-state index in [1.54, 1.807) is 37.3 Å². The molecule has 1 aliphatic rings. The molecule has 0 spiro atoms. The van der Waals surface area contributed by atoms with Crippen molar-refractivity contribution < 1.29 is 23.9 Å². The van der Waals surface area contributed by atoms with Gasteiger partial charge >= 0.3 is 5.97 Å². The van der Waals surface area contributed by atoms with Gasteiger partial charge in [0, 0.05) is 30.1 Å². The fourth-order valence-electron chi connectivity index (χ4n) is 2.76. The highest BCUT2D eigenvalue weighted by atomic mass is 16.5. The number of carbonyl (C=O) groups is 3. The summed E-state index contributed by atoms with van der Waals surface area (Å²) in [6.45, 7) is 2.62. The number of methoxy groups -OCH3 is 1. The predicted octanol–water partition coefficient (Wildman–Crippen LogP) is 1.44. The molecular weight excluding hydrogens is 336 g/mol. The zero-order valence-corrected chi connectivity index (χ0v) is 15.0. The fourth-order valence-corrected chi connectivity index (χ4v) is 2.76. The van der Waals surface area contributed by atoms with Gasteiger partial charge in [0.15, 0.2) is 0 Å². The number of esters is 1. The summed E-state index contributed by atoms with van der Waals surface area (Å²) in [4.78, 5) is 35.9. The zero-order valence-electron chi connectivity index (χ0n) is 15.0. The second-order valence-corrected chi connectivity index (χ2v) is 5.94.